The molecule has 3 rings (SSSR count). The smallest absolute Gasteiger partial charge is 0.198 e. The zero-order chi connectivity index (χ0) is 22.5. The molecular formula is C23H25F3N2O3. The first-order valence-electron chi connectivity index (χ1n) is 10.2. The first kappa shape index (κ1) is 22.8. The number of ketones is 1. The number of aliphatic hydroxyl groups is 1. The lowest BCUT2D eigenvalue weighted by Crippen LogP contribution is -2.15. The number of carbonyl (C=O) groups is 1. The molecule has 0 aliphatic rings. The number of benzene rings is 1. The van der Waals surface area contributed by atoms with Gasteiger partial charge in [0.05, 0.1) is 11.3 Å². The minimum atomic E-state index is -0.801. The average molecular weight is 434 g/mol. The maximum absolute atomic E-state index is 14.5. The van der Waals surface area contributed by atoms with E-state index in [9.17, 15) is 23.1 Å². The largest absolute Gasteiger partial charge is 0.482 e. The molecule has 0 bridgehead atoms. The summed E-state index contributed by atoms with van der Waals surface area (Å²) in [5.74, 6) is -3.05. The molecule has 1 N–H and O–H groups in total. The fraction of sp³-hybridized carbons (Fsp3) is 0.391. The lowest BCUT2D eigenvalue weighted by atomic mass is 9.95. The molecule has 0 fully saturated rings. The Bertz CT molecular complexity index is 1060. The summed E-state index contributed by atoms with van der Waals surface area (Å²) in [5, 5.41) is 9.58. The summed E-state index contributed by atoms with van der Waals surface area (Å²) in [7, 11) is 0. The first-order chi connectivity index (χ1) is 14.9. The molecular weight excluding hydrogens is 409 g/mol. The summed E-state index contributed by atoms with van der Waals surface area (Å²) < 4.78 is 49.1. The van der Waals surface area contributed by atoms with Crippen LogP contribution in [-0.2, 0) is 6.61 Å². The van der Waals surface area contributed by atoms with Gasteiger partial charge in [0.25, 0.3) is 0 Å². The lowest BCUT2D eigenvalue weighted by molar-refractivity contribution is 0.0923. The third-order valence-corrected chi connectivity index (χ3v) is 5.26. The number of aromatic nitrogens is 2. The van der Waals surface area contributed by atoms with Crippen LogP contribution in [0.5, 0.6) is 5.75 Å². The standard InChI is InChI=1S/C23H25F3N2O3/c1-3-4-6-15(12-29)11-20(30)21-14(2)27-23-22(19(26)9-10-28(21)23)31-13-16-17(24)7-5-8-18(16)25/h5,7-10,15,29H,3-4,6,11-13H2,1-2H3/t15-/m0/s1. The summed E-state index contributed by atoms with van der Waals surface area (Å²) >= 11 is 0. The summed E-state index contributed by atoms with van der Waals surface area (Å²) in [6, 6.07) is 4.51. The number of ether oxygens (including phenoxy) is 1. The van der Waals surface area contributed by atoms with Crippen LogP contribution in [0.2, 0.25) is 0 Å². The third kappa shape index (κ3) is 4.90. The van der Waals surface area contributed by atoms with Gasteiger partial charge in [-0.15, -0.1) is 0 Å². The number of rotatable bonds is 10. The lowest BCUT2D eigenvalue weighted by Gasteiger charge is -2.13. The van der Waals surface area contributed by atoms with Crippen LogP contribution in [-0.4, -0.2) is 26.9 Å². The number of hydrogen-bond acceptors (Lipinski definition) is 4. The molecule has 2 heterocycles. The van der Waals surface area contributed by atoms with E-state index >= 15 is 0 Å². The summed E-state index contributed by atoms with van der Waals surface area (Å²) in [6.45, 7) is 3.03. The molecule has 2 aromatic heterocycles. The summed E-state index contributed by atoms with van der Waals surface area (Å²) in [4.78, 5) is 17.2. The van der Waals surface area contributed by atoms with E-state index in [1.165, 1.54) is 16.7 Å². The maximum atomic E-state index is 14.5. The predicted octanol–water partition coefficient (Wildman–Crippen LogP) is 5.01. The highest BCUT2D eigenvalue weighted by molar-refractivity contribution is 5.96. The number of pyridine rings is 1. The molecule has 3 aromatic rings. The highest BCUT2D eigenvalue weighted by Gasteiger charge is 2.23. The molecule has 5 nitrogen and oxygen atoms in total. The van der Waals surface area contributed by atoms with E-state index in [1.54, 1.807) is 6.92 Å². The maximum Gasteiger partial charge on any atom is 0.198 e. The van der Waals surface area contributed by atoms with Crippen LogP contribution in [0.1, 0.15) is 54.4 Å². The number of carbonyl (C=O) groups excluding carboxylic acids is 1. The minimum Gasteiger partial charge on any atom is -0.482 e. The number of imidazole rings is 1. The van der Waals surface area contributed by atoms with Crippen molar-refractivity contribution in [2.75, 3.05) is 6.61 Å². The Morgan fingerprint density at radius 1 is 1.19 bits per heavy atom. The number of aryl methyl sites for hydroxylation is 1. The van der Waals surface area contributed by atoms with Crippen molar-refractivity contribution in [1.29, 1.82) is 0 Å². The second-order valence-corrected chi connectivity index (χ2v) is 7.54. The fourth-order valence-corrected chi connectivity index (χ4v) is 3.57. The van der Waals surface area contributed by atoms with Crippen LogP contribution in [0.3, 0.4) is 0 Å². The predicted molar refractivity (Wildman–Crippen MR) is 110 cm³/mol. The third-order valence-electron chi connectivity index (χ3n) is 5.26. The fourth-order valence-electron chi connectivity index (χ4n) is 3.57. The van der Waals surface area contributed by atoms with Crippen molar-refractivity contribution in [3.05, 3.63) is 64.9 Å². The summed E-state index contributed by atoms with van der Waals surface area (Å²) in [6.07, 6.45) is 4.10. The van der Waals surface area contributed by atoms with E-state index in [2.05, 4.69) is 4.98 Å². The van der Waals surface area contributed by atoms with Crippen LogP contribution >= 0.6 is 0 Å². The molecule has 0 radical (unpaired) electrons. The Labute approximate surface area is 178 Å². The van der Waals surface area contributed by atoms with E-state index in [1.807, 2.05) is 6.92 Å². The number of nitrogens with zero attached hydrogens (tertiary/aromatic N) is 2. The first-order valence-corrected chi connectivity index (χ1v) is 10.2. The number of halogens is 3. The molecule has 0 unspecified atom stereocenters. The summed E-state index contributed by atoms with van der Waals surface area (Å²) in [5.41, 5.74) is 0.369. The molecule has 8 heteroatoms. The van der Waals surface area contributed by atoms with Gasteiger partial charge in [0.15, 0.2) is 23.0 Å². The Hall–Kier alpha value is -2.87. The molecule has 1 atom stereocenters. The Morgan fingerprint density at radius 2 is 1.90 bits per heavy atom. The number of unbranched alkanes of at least 4 members (excludes halogenated alkanes) is 1. The molecule has 166 valence electrons. The van der Waals surface area contributed by atoms with Gasteiger partial charge in [-0.2, -0.15) is 0 Å². The number of aliphatic hydroxyl groups excluding tert-OH is 1. The monoisotopic (exact) mass is 434 g/mol. The second-order valence-electron chi connectivity index (χ2n) is 7.54. The van der Waals surface area contributed by atoms with Crippen LogP contribution in [0.4, 0.5) is 13.2 Å². The van der Waals surface area contributed by atoms with Gasteiger partial charge in [-0.25, -0.2) is 18.2 Å². The van der Waals surface area contributed by atoms with Crippen molar-refractivity contribution in [3.8, 4) is 5.75 Å². The normalized spacial score (nSPS) is 12.3. The Kier molecular flexibility index (Phi) is 7.33. The quantitative estimate of drug-likeness (QED) is 0.456. The number of fused-ring (bicyclic) bond motifs is 1. The van der Waals surface area contributed by atoms with Crippen LogP contribution in [0.25, 0.3) is 5.65 Å². The average Bonchev–Trinajstić information content (AvgIpc) is 3.08. The van der Waals surface area contributed by atoms with Crippen molar-refractivity contribution < 1.29 is 27.8 Å². The number of hydrogen-bond donors (Lipinski definition) is 1. The molecule has 31 heavy (non-hydrogen) atoms. The van der Waals surface area contributed by atoms with E-state index in [0.717, 1.165) is 37.5 Å². The van der Waals surface area contributed by atoms with Crippen molar-refractivity contribution in [3.63, 3.8) is 0 Å². The van der Waals surface area contributed by atoms with E-state index < -0.39 is 24.1 Å². The van der Waals surface area contributed by atoms with Crippen molar-refractivity contribution >= 4 is 11.4 Å². The van der Waals surface area contributed by atoms with E-state index in [-0.39, 0.29) is 47.4 Å². The zero-order valence-electron chi connectivity index (χ0n) is 17.5. The van der Waals surface area contributed by atoms with Gasteiger partial charge >= 0.3 is 0 Å². The van der Waals surface area contributed by atoms with Crippen molar-refractivity contribution in [2.45, 2.75) is 46.1 Å². The molecule has 0 saturated carbocycles. The van der Waals surface area contributed by atoms with Crippen LogP contribution in [0.15, 0.2) is 30.5 Å². The van der Waals surface area contributed by atoms with Crippen LogP contribution in [0, 0.1) is 30.3 Å². The zero-order valence-corrected chi connectivity index (χ0v) is 17.5. The molecule has 0 amide bonds. The Balaban J connectivity index is 1.91. The molecule has 0 aliphatic heterocycles. The topological polar surface area (TPSA) is 63.8 Å². The molecule has 0 spiro atoms. The van der Waals surface area contributed by atoms with E-state index in [0.29, 0.717) is 5.69 Å². The van der Waals surface area contributed by atoms with Gasteiger partial charge in [-0.3, -0.25) is 9.20 Å². The van der Waals surface area contributed by atoms with Crippen LogP contribution < -0.4 is 4.74 Å². The van der Waals surface area contributed by atoms with Gasteiger partial charge in [0.2, 0.25) is 0 Å². The Morgan fingerprint density at radius 3 is 2.55 bits per heavy atom. The highest BCUT2D eigenvalue weighted by Crippen LogP contribution is 2.28. The molecule has 0 saturated heterocycles. The molecule has 0 aliphatic carbocycles. The van der Waals surface area contributed by atoms with Gasteiger partial charge in [0, 0.05) is 19.2 Å². The molecule has 1 aromatic carbocycles. The minimum absolute atomic E-state index is 0.0479. The van der Waals surface area contributed by atoms with Gasteiger partial charge in [0.1, 0.15) is 23.9 Å². The van der Waals surface area contributed by atoms with Gasteiger partial charge in [-0.1, -0.05) is 25.8 Å². The number of Topliss-reactive ketones (excluding diaryl/α,β-unsaturated/α-hetero) is 1. The SMILES string of the molecule is CCCC[C@H](CO)CC(=O)c1c(C)nc2c(OCc3c(F)cccc3F)c(F)ccn12. The van der Waals surface area contributed by atoms with E-state index in [4.69, 9.17) is 4.74 Å². The van der Waals surface area contributed by atoms with Crippen molar-refractivity contribution in [1.82, 2.24) is 9.38 Å². The van der Waals surface area contributed by atoms with Gasteiger partial charge < -0.3 is 9.84 Å². The second kappa shape index (κ2) is 9.96. The van der Waals surface area contributed by atoms with Gasteiger partial charge in [-0.05, 0) is 37.5 Å². The van der Waals surface area contributed by atoms with Crippen molar-refractivity contribution in [2.24, 2.45) is 5.92 Å². The highest BCUT2D eigenvalue weighted by atomic mass is 19.1.